The van der Waals surface area contributed by atoms with E-state index in [-0.39, 0.29) is 12.1 Å². The number of nitrogens with one attached hydrogen (secondary N) is 1. The SMILES string of the molecule is Nc1ccc(C2CCN(c3nc4c(c(NC5(CO)CC5)n3)S(=O)CC4)CC2)cc1. The molecule has 0 spiro atoms. The second-order valence-electron chi connectivity index (χ2n) is 8.44. The minimum absolute atomic E-state index is 0.0702. The molecule has 1 unspecified atom stereocenters. The molecule has 29 heavy (non-hydrogen) atoms. The number of nitrogens with two attached hydrogens (primary N) is 1. The molecule has 1 atom stereocenters. The van der Waals surface area contributed by atoms with Gasteiger partial charge < -0.3 is 21.1 Å². The van der Waals surface area contributed by atoms with E-state index in [9.17, 15) is 9.32 Å². The molecule has 1 aromatic heterocycles. The number of aromatic nitrogens is 2. The van der Waals surface area contributed by atoms with Crippen LogP contribution in [0.2, 0.25) is 0 Å². The van der Waals surface area contributed by atoms with Gasteiger partial charge >= 0.3 is 0 Å². The van der Waals surface area contributed by atoms with Crippen molar-refractivity contribution in [1.82, 2.24) is 9.97 Å². The van der Waals surface area contributed by atoms with Crippen molar-refractivity contribution < 1.29 is 9.32 Å². The standard InChI is InChI=1S/C21H27N5O2S/c22-16-3-1-14(2-4-16)15-5-10-26(11-6-15)20-23-17-7-12-29(28)18(17)19(24-20)25-21(13-27)8-9-21/h1-4,15,27H,5-13,22H2,(H,23,24,25). The number of aryl methyl sites for hydroxylation is 1. The van der Waals surface area contributed by atoms with Crippen molar-refractivity contribution in [3.05, 3.63) is 35.5 Å². The molecule has 0 amide bonds. The third-order valence-corrected chi connectivity index (χ3v) is 7.86. The van der Waals surface area contributed by atoms with Gasteiger partial charge in [0.05, 0.1) is 28.6 Å². The first-order chi connectivity index (χ1) is 14.1. The molecule has 0 radical (unpaired) electrons. The van der Waals surface area contributed by atoms with Crippen LogP contribution in [0.25, 0.3) is 0 Å². The van der Waals surface area contributed by atoms with Gasteiger partial charge in [-0.05, 0) is 49.3 Å². The van der Waals surface area contributed by atoms with Crippen LogP contribution < -0.4 is 16.0 Å². The maximum Gasteiger partial charge on any atom is 0.227 e. The van der Waals surface area contributed by atoms with Gasteiger partial charge in [-0.25, -0.2) is 4.98 Å². The summed E-state index contributed by atoms with van der Waals surface area (Å²) in [6.07, 6.45) is 4.63. The second kappa shape index (κ2) is 7.25. The van der Waals surface area contributed by atoms with E-state index in [1.807, 2.05) is 12.1 Å². The number of benzene rings is 1. The Bertz CT molecular complexity index is 937. The normalized spacial score (nSPS) is 23.1. The molecular weight excluding hydrogens is 386 g/mol. The molecule has 1 saturated carbocycles. The number of rotatable bonds is 5. The lowest BCUT2D eigenvalue weighted by Gasteiger charge is -2.33. The Morgan fingerprint density at radius 3 is 2.59 bits per heavy atom. The fraction of sp³-hybridized carbons (Fsp3) is 0.524. The number of piperidine rings is 1. The zero-order valence-corrected chi connectivity index (χ0v) is 17.2. The quantitative estimate of drug-likeness (QED) is 0.644. The lowest BCUT2D eigenvalue weighted by molar-refractivity contribution is 0.265. The monoisotopic (exact) mass is 413 g/mol. The Balaban J connectivity index is 1.36. The first-order valence-electron chi connectivity index (χ1n) is 10.4. The largest absolute Gasteiger partial charge is 0.399 e. The van der Waals surface area contributed by atoms with Gasteiger partial charge in [0.25, 0.3) is 0 Å². The van der Waals surface area contributed by atoms with Crippen LogP contribution in [0.3, 0.4) is 0 Å². The van der Waals surface area contributed by atoms with Crippen LogP contribution in [0.1, 0.15) is 42.9 Å². The van der Waals surface area contributed by atoms with Crippen molar-refractivity contribution in [3.63, 3.8) is 0 Å². The fourth-order valence-corrected chi connectivity index (χ4v) is 5.62. The molecule has 3 aliphatic rings. The van der Waals surface area contributed by atoms with Gasteiger partial charge in [0.2, 0.25) is 5.95 Å². The first kappa shape index (κ1) is 18.8. The third-order valence-electron chi connectivity index (χ3n) is 6.40. The minimum Gasteiger partial charge on any atom is -0.399 e. The summed E-state index contributed by atoms with van der Waals surface area (Å²) in [5, 5.41) is 13.1. The highest BCUT2D eigenvalue weighted by molar-refractivity contribution is 7.85. The van der Waals surface area contributed by atoms with Gasteiger partial charge in [-0.15, -0.1) is 0 Å². The zero-order valence-electron chi connectivity index (χ0n) is 16.4. The topological polar surface area (TPSA) is 104 Å². The molecule has 1 saturated heterocycles. The molecule has 1 aromatic carbocycles. The number of hydrogen-bond donors (Lipinski definition) is 3. The summed E-state index contributed by atoms with van der Waals surface area (Å²) >= 11 is 0. The summed E-state index contributed by atoms with van der Waals surface area (Å²) in [7, 11) is -1.06. The molecule has 5 rings (SSSR count). The summed E-state index contributed by atoms with van der Waals surface area (Å²) < 4.78 is 12.5. The van der Waals surface area contributed by atoms with Crippen LogP contribution in [-0.4, -0.2) is 50.3 Å². The highest BCUT2D eigenvalue weighted by atomic mass is 32.2. The van der Waals surface area contributed by atoms with Gasteiger partial charge in [-0.2, -0.15) is 4.98 Å². The Morgan fingerprint density at radius 2 is 1.93 bits per heavy atom. The summed E-state index contributed by atoms with van der Waals surface area (Å²) in [4.78, 5) is 12.5. The highest BCUT2D eigenvalue weighted by Crippen LogP contribution is 2.41. The lowest BCUT2D eigenvalue weighted by atomic mass is 9.89. The average Bonchev–Trinajstić information content (AvgIpc) is 3.42. The van der Waals surface area contributed by atoms with Crippen LogP contribution in [0.5, 0.6) is 0 Å². The van der Waals surface area contributed by atoms with Gasteiger partial charge in [0.15, 0.2) is 0 Å². The van der Waals surface area contributed by atoms with Crippen LogP contribution in [0, 0.1) is 0 Å². The third kappa shape index (κ3) is 3.59. The fourth-order valence-electron chi connectivity index (χ4n) is 4.32. The molecule has 1 aliphatic carbocycles. The van der Waals surface area contributed by atoms with E-state index in [1.165, 1.54) is 5.56 Å². The van der Waals surface area contributed by atoms with Gasteiger partial charge in [0.1, 0.15) is 10.7 Å². The predicted molar refractivity (Wildman–Crippen MR) is 115 cm³/mol. The summed E-state index contributed by atoms with van der Waals surface area (Å²) in [5.41, 5.74) is 8.55. The average molecular weight is 414 g/mol. The maximum absolute atomic E-state index is 12.5. The Kier molecular flexibility index (Phi) is 4.70. The molecular formula is C21H27N5O2S. The smallest absolute Gasteiger partial charge is 0.227 e. The summed E-state index contributed by atoms with van der Waals surface area (Å²) in [6, 6.07) is 8.20. The molecule has 4 N–H and O–H groups in total. The van der Waals surface area contributed by atoms with E-state index < -0.39 is 10.8 Å². The second-order valence-corrected chi connectivity index (χ2v) is 9.95. The minimum atomic E-state index is -1.06. The molecule has 3 heterocycles. The maximum atomic E-state index is 12.5. The Hall–Kier alpha value is -2.19. The van der Waals surface area contributed by atoms with Crippen molar-refractivity contribution >= 4 is 28.3 Å². The molecule has 8 heteroatoms. The number of anilines is 3. The van der Waals surface area contributed by atoms with Crippen molar-refractivity contribution in [2.24, 2.45) is 0 Å². The van der Waals surface area contributed by atoms with E-state index >= 15 is 0 Å². The molecule has 0 bridgehead atoms. The molecule has 7 nitrogen and oxygen atoms in total. The first-order valence-corrected chi connectivity index (χ1v) is 11.7. The van der Waals surface area contributed by atoms with Crippen LogP contribution >= 0.6 is 0 Å². The van der Waals surface area contributed by atoms with Crippen molar-refractivity contribution in [3.8, 4) is 0 Å². The van der Waals surface area contributed by atoms with Crippen molar-refractivity contribution in [1.29, 1.82) is 0 Å². The Morgan fingerprint density at radius 1 is 1.21 bits per heavy atom. The van der Waals surface area contributed by atoms with Crippen LogP contribution in [-0.2, 0) is 17.2 Å². The number of aliphatic hydroxyl groups excluding tert-OH is 1. The predicted octanol–water partition coefficient (Wildman–Crippen LogP) is 2.04. The number of hydrogen-bond acceptors (Lipinski definition) is 7. The highest BCUT2D eigenvalue weighted by Gasteiger charge is 2.44. The van der Waals surface area contributed by atoms with Crippen molar-refractivity contribution in [2.45, 2.75) is 48.5 Å². The molecule has 2 aliphatic heterocycles. The number of fused-ring (bicyclic) bond motifs is 1. The van der Waals surface area contributed by atoms with E-state index in [0.717, 1.165) is 67.4 Å². The van der Waals surface area contributed by atoms with Gasteiger partial charge in [-0.1, -0.05) is 12.1 Å². The van der Waals surface area contributed by atoms with Crippen molar-refractivity contribution in [2.75, 3.05) is 41.4 Å². The molecule has 2 fully saturated rings. The summed E-state index contributed by atoms with van der Waals surface area (Å²) in [6.45, 7) is 1.85. The van der Waals surface area contributed by atoms with E-state index in [0.29, 0.717) is 17.5 Å². The van der Waals surface area contributed by atoms with Crippen LogP contribution in [0.4, 0.5) is 17.5 Å². The van der Waals surface area contributed by atoms with Crippen LogP contribution in [0.15, 0.2) is 29.2 Å². The molecule has 154 valence electrons. The van der Waals surface area contributed by atoms with E-state index in [2.05, 4.69) is 22.3 Å². The number of aliphatic hydroxyl groups is 1. The zero-order chi connectivity index (χ0) is 20.0. The number of nitrogens with zero attached hydrogens (tertiary/aromatic N) is 3. The van der Waals surface area contributed by atoms with E-state index in [4.69, 9.17) is 15.7 Å². The van der Waals surface area contributed by atoms with Gasteiger partial charge in [-0.3, -0.25) is 4.21 Å². The Labute approximate surface area is 173 Å². The lowest BCUT2D eigenvalue weighted by Crippen LogP contribution is -2.35. The number of nitrogen functional groups attached to an aromatic ring is 1. The van der Waals surface area contributed by atoms with Gasteiger partial charge in [0, 0.05) is 31.0 Å². The van der Waals surface area contributed by atoms with E-state index in [1.54, 1.807) is 0 Å². The summed E-state index contributed by atoms with van der Waals surface area (Å²) in [5.74, 6) is 2.51. The molecule has 2 aromatic rings.